The van der Waals surface area contributed by atoms with E-state index in [1.807, 2.05) is 32.0 Å². The van der Waals surface area contributed by atoms with Gasteiger partial charge in [0.2, 0.25) is 10.0 Å². The Morgan fingerprint density at radius 2 is 1.77 bits per heavy atom. The van der Waals surface area contributed by atoms with Crippen LogP contribution in [0.15, 0.2) is 77.8 Å². The molecule has 1 atom stereocenters. The molecular formula is C32H36N4O7S. The number of nitrogens with one attached hydrogen (secondary N) is 1. The lowest BCUT2D eigenvalue weighted by atomic mass is 9.81. The van der Waals surface area contributed by atoms with E-state index in [1.54, 1.807) is 55.1 Å². The molecule has 0 aliphatic carbocycles. The first-order chi connectivity index (χ1) is 20.8. The van der Waals surface area contributed by atoms with Gasteiger partial charge >= 0.3 is 11.9 Å². The second kappa shape index (κ2) is 13.5. The summed E-state index contributed by atoms with van der Waals surface area (Å²) in [4.78, 5) is 23.7. The van der Waals surface area contributed by atoms with E-state index in [9.17, 15) is 28.2 Å². The Hall–Kier alpha value is -4.39. The highest BCUT2D eigenvalue weighted by molar-refractivity contribution is 7.89. The third-order valence-electron chi connectivity index (χ3n) is 7.47. The maximum atomic E-state index is 13.4. The highest BCUT2D eigenvalue weighted by Gasteiger charge is 2.39. The number of rotatable bonds is 14. The molecule has 0 aliphatic heterocycles. The Bertz CT molecular complexity index is 1770. The van der Waals surface area contributed by atoms with Gasteiger partial charge in [-0.05, 0) is 80.1 Å². The summed E-state index contributed by atoms with van der Waals surface area (Å²) in [5.41, 5.74) is 2.76. The van der Waals surface area contributed by atoms with Gasteiger partial charge in [-0.3, -0.25) is 9.48 Å². The lowest BCUT2D eigenvalue weighted by Gasteiger charge is -2.31. The van der Waals surface area contributed by atoms with Crippen LogP contribution >= 0.6 is 0 Å². The van der Waals surface area contributed by atoms with Gasteiger partial charge < -0.3 is 14.9 Å². The SMILES string of the molecule is CCn1cc(CO[C@H](c2ccc(C)c(Cc3ccccc3S(=O)(=O)NCc3cccc(C(=O)O)c3)c2)C(C)(C)C(=O)O)nn1. The Labute approximate surface area is 256 Å². The summed E-state index contributed by atoms with van der Waals surface area (Å²) in [7, 11) is -3.97. The lowest BCUT2D eigenvalue weighted by molar-refractivity contribution is -0.158. The standard InChI is InChI=1S/C32H36N4O7S/c1-5-36-19-27(34-35-36)20-43-29(32(3,4)31(39)40)24-14-13-21(2)26(17-24)16-23-10-6-7-12-28(23)44(41,42)33-18-22-9-8-11-25(15-22)30(37)38/h6-15,17,19,29,33H,5,16,18,20H2,1-4H3,(H,37,38)(H,39,40)/t29-/m1/s1. The molecule has 3 aromatic carbocycles. The van der Waals surface area contributed by atoms with Crippen LogP contribution < -0.4 is 4.72 Å². The number of carbonyl (C=O) groups is 2. The molecule has 4 rings (SSSR count). The Balaban J connectivity index is 1.61. The van der Waals surface area contributed by atoms with E-state index < -0.39 is 33.5 Å². The van der Waals surface area contributed by atoms with Crippen LogP contribution in [0, 0.1) is 12.3 Å². The fourth-order valence-corrected chi connectivity index (χ4v) is 6.05. The number of aromatic nitrogens is 3. The summed E-state index contributed by atoms with van der Waals surface area (Å²) in [6, 6.07) is 18.3. The minimum absolute atomic E-state index is 0.0622. The van der Waals surface area contributed by atoms with Crippen molar-refractivity contribution in [1.29, 1.82) is 0 Å². The number of sulfonamides is 1. The zero-order valence-electron chi connectivity index (χ0n) is 25.0. The molecule has 1 aromatic heterocycles. The molecule has 0 saturated carbocycles. The molecule has 0 unspecified atom stereocenters. The molecule has 44 heavy (non-hydrogen) atoms. The molecule has 0 fully saturated rings. The molecule has 0 aliphatic rings. The van der Waals surface area contributed by atoms with Gasteiger partial charge in [-0.1, -0.05) is 53.7 Å². The van der Waals surface area contributed by atoms with Gasteiger partial charge in [0.15, 0.2) is 0 Å². The average Bonchev–Trinajstić information content (AvgIpc) is 3.46. The van der Waals surface area contributed by atoms with Crippen molar-refractivity contribution in [2.24, 2.45) is 5.41 Å². The van der Waals surface area contributed by atoms with Crippen molar-refractivity contribution in [2.75, 3.05) is 0 Å². The van der Waals surface area contributed by atoms with Crippen LogP contribution in [-0.4, -0.2) is 45.6 Å². The van der Waals surface area contributed by atoms with Gasteiger partial charge in [0.25, 0.3) is 0 Å². The van der Waals surface area contributed by atoms with E-state index >= 15 is 0 Å². The second-order valence-electron chi connectivity index (χ2n) is 11.1. The Morgan fingerprint density at radius 1 is 1.02 bits per heavy atom. The van der Waals surface area contributed by atoms with Crippen LogP contribution in [0.1, 0.15) is 70.7 Å². The highest BCUT2D eigenvalue weighted by atomic mass is 32.2. The van der Waals surface area contributed by atoms with Crippen molar-refractivity contribution in [3.8, 4) is 0 Å². The monoisotopic (exact) mass is 620 g/mol. The van der Waals surface area contributed by atoms with E-state index in [0.29, 0.717) is 28.9 Å². The van der Waals surface area contributed by atoms with Crippen LogP contribution in [-0.2, 0) is 45.7 Å². The Morgan fingerprint density at radius 3 is 2.45 bits per heavy atom. The summed E-state index contributed by atoms with van der Waals surface area (Å²) < 4.78 is 37.3. The maximum Gasteiger partial charge on any atom is 0.335 e. The number of aromatic carboxylic acids is 1. The number of benzene rings is 3. The topological polar surface area (TPSA) is 161 Å². The van der Waals surface area contributed by atoms with Gasteiger partial charge in [-0.15, -0.1) is 5.10 Å². The second-order valence-corrected chi connectivity index (χ2v) is 12.8. The quantitative estimate of drug-likeness (QED) is 0.181. The summed E-state index contributed by atoms with van der Waals surface area (Å²) >= 11 is 0. The van der Waals surface area contributed by atoms with Crippen molar-refractivity contribution in [3.63, 3.8) is 0 Å². The first-order valence-electron chi connectivity index (χ1n) is 14.0. The molecule has 0 saturated heterocycles. The van der Waals surface area contributed by atoms with Crippen LogP contribution in [0.4, 0.5) is 0 Å². The van der Waals surface area contributed by atoms with Crippen LogP contribution in [0.2, 0.25) is 0 Å². The predicted molar refractivity (Wildman–Crippen MR) is 162 cm³/mol. The summed E-state index contributed by atoms with van der Waals surface area (Å²) in [6.45, 7) is 7.66. The van der Waals surface area contributed by atoms with Gasteiger partial charge in [0.1, 0.15) is 5.69 Å². The summed E-state index contributed by atoms with van der Waals surface area (Å²) in [6.07, 6.45) is 1.17. The van der Waals surface area contributed by atoms with E-state index in [0.717, 1.165) is 11.1 Å². The van der Waals surface area contributed by atoms with Crippen molar-refractivity contribution in [1.82, 2.24) is 19.7 Å². The van der Waals surface area contributed by atoms with E-state index in [2.05, 4.69) is 15.0 Å². The largest absolute Gasteiger partial charge is 0.481 e. The first-order valence-corrected chi connectivity index (χ1v) is 15.5. The number of carboxylic acid groups (broad SMARTS) is 2. The third kappa shape index (κ3) is 7.57. The normalized spacial score (nSPS) is 12.6. The average molecular weight is 621 g/mol. The van der Waals surface area contributed by atoms with Gasteiger partial charge in [0, 0.05) is 13.1 Å². The molecule has 4 aromatic rings. The number of aryl methyl sites for hydroxylation is 2. The van der Waals surface area contributed by atoms with E-state index in [4.69, 9.17) is 4.74 Å². The van der Waals surface area contributed by atoms with Gasteiger partial charge in [-0.2, -0.15) is 0 Å². The minimum atomic E-state index is -3.97. The zero-order chi connectivity index (χ0) is 32.1. The molecule has 0 bridgehead atoms. The summed E-state index contributed by atoms with van der Waals surface area (Å²) in [5.74, 6) is -2.13. The summed E-state index contributed by atoms with van der Waals surface area (Å²) in [5, 5.41) is 27.4. The van der Waals surface area contributed by atoms with E-state index in [-0.39, 0.29) is 30.0 Å². The molecule has 232 valence electrons. The van der Waals surface area contributed by atoms with Crippen molar-refractivity contribution >= 4 is 22.0 Å². The van der Waals surface area contributed by atoms with Gasteiger partial charge in [0.05, 0.1) is 34.8 Å². The number of hydrogen-bond donors (Lipinski definition) is 3. The fraction of sp³-hybridized carbons (Fsp3) is 0.312. The lowest BCUT2D eigenvalue weighted by Crippen LogP contribution is -2.33. The van der Waals surface area contributed by atoms with Gasteiger partial charge in [-0.25, -0.2) is 17.9 Å². The number of hydrogen-bond acceptors (Lipinski definition) is 7. The van der Waals surface area contributed by atoms with Crippen molar-refractivity contribution < 1.29 is 33.0 Å². The Kier molecular flexibility index (Phi) is 9.98. The molecule has 1 heterocycles. The first kappa shape index (κ1) is 32.5. The smallest absolute Gasteiger partial charge is 0.335 e. The van der Waals surface area contributed by atoms with Crippen LogP contribution in [0.3, 0.4) is 0 Å². The molecule has 3 N–H and O–H groups in total. The van der Waals surface area contributed by atoms with Crippen molar-refractivity contribution in [3.05, 3.63) is 112 Å². The maximum absolute atomic E-state index is 13.4. The van der Waals surface area contributed by atoms with Crippen LogP contribution in [0.25, 0.3) is 0 Å². The molecule has 0 radical (unpaired) electrons. The highest BCUT2D eigenvalue weighted by Crippen LogP contribution is 2.38. The predicted octanol–water partition coefficient (Wildman–Crippen LogP) is 4.74. The molecule has 12 heteroatoms. The molecule has 0 amide bonds. The molecular weight excluding hydrogens is 584 g/mol. The fourth-order valence-electron chi connectivity index (χ4n) is 4.79. The number of ether oxygens (including phenoxy) is 1. The number of carboxylic acids is 2. The minimum Gasteiger partial charge on any atom is -0.481 e. The third-order valence-corrected chi connectivity index (χ3v) is 8.98. The van der Waals surface area contributed by atoms with Crippen molar-refractivity contribution in [2.45, 2.75) is 64.8 Å². The molecule has 0 spiro atoms. The number of aliphatic carboxylic acids is 1. The van der Waals surface area contributed by atoms with Crippen LogP contribution in [0.5, 0.6) is 0 Å². The number of nitrogens with zero attached hydrogens (tertiary/aromatic N) is 3. The molecule has 11 nitrogen and oxygen atoms in total. The zero-order valence-corrected chi connectivity index (χ0v) is 25.8. The van der Waals surface area contributed by atoms with E-state index in [1.165, 1.54) is 18.2 Å².